The number of amides is 2. The van der Waals surface area contributed by atoms with Crippen LogP contribution in [-0.4, -0.2) is 53.5 Å². The number of nitrogens with one attached hydrogen (secondary N) is 2. The van der Waals surface area contributed by atoms with Gasteiger partial charge in [-0.05, 0) is 37.4 Å². The van der Waals surface area contributed by atoms with Crippen molar-refractivity contribution in [1.82, 2.24) is 10.2 Å². The van der Waals surface area contributed by atoms with Gasteiger partial charge < -0.3 is 15.7 Å². The highest BCUT2D eigenvalue weighted by molar-refractivity contribution is 6.04. The average molecular weight is 347 g/mol. The lowest BCUT2D eigenvalue weighted by molar-refractivity contribution is -0.142. The molecule has 1 aromatic carbocycles. The molecule has 0 radical (unpaired) electrons. The van der Waals surface area contributed by atoms with Gasteiger partial charge in [0.2, 0.25) is 5.91 Å². The molecule has 1 fully saturated rings. The van der Waals surface area contributed by atoms with Crippen molar-refractivity contribution in [3.05, 3.63) is 29.8 Å². The fraction of sp³-hybridized carbons (Fsp3) is 0.500. The number of benzene rings is 1. The van der Waals surface area contributed by atoms with Crippen LogP contribution in [0.15, 0.2) is 24.3 Å². The number of nitrogens with zero attached hydrogens (tertiary/aromatic N) is 1. The molecule has 0 unspecified atom stereocenters. The summed E-state index contributed by atoms with van der Waals surface area (Å²) in [6, 6.07) is 6.18. The highest BCUT2D eigenvalue weighted by atomic mass is 16.4. The van der Waals surface area contributed by atoms with E-state index >= 15 is 0 Å². The largest absolute Gasteiger partial charge is 0.480 e. The topological polar surface area (TPSA) is 98.7 Å². The lowest BCUT2D eigenvalue weighted by Gasteiger charge is -2.20. The van der Waals surface area contributed by atoms with Crippen molar-refractivity contribution in [2.24, 2.45) is 5.92 Å². The van der Waals surface area contributed by atoms with Crippen LogP contribution in [0.3, 0.4) is 0 Å². The number of carboxylic acids is 1. The summed E-state index contributed by atoms with van der Waals surface area (Å²) in [5.41, 5.74) is 0.826. The zero-order chi connectivity index (χ0) is 18.4. The predicted molar refractivity (Wildman–Crippen MR) is 94.5 cm³/mol. The number of aliphatic carboxylic acids is 1. The number of carbonyl (C=O) groups is 3. The Labute approximate surface area is 147 Å². The van der Waals surface area contributed by atoms with Crippen molar-refractivity contribution >= 4 is 23.5 Å². The van der Waals surface area contributed by atoms with Crippen molar-refractivity contribution in [1.29, 1.82) is 0 Å². The van der Waals surface area contributed by atoms with E-state index < -0.39 is 12.0 Å². The molecule has 0 spiro atoms. The van der Waals surface area contributed by atoms with Gasteiger partial charge in [-0.3, -0.25) is 19.3 Å². The van der Waals surface area contributed by atoms with Gasteiger partial charge in [0.05, 0.1) is 17.8 Å². The maximum absolute atomic E-state index is 12.3. The third-order valence-electron chi connectivity index (χ3n) is 4.11. The molecule has 1 aliphatic rings. The van der Waals surface area contributed by atoms with Crippen LogP contribution < -0.4 is 10.6 Å². The molecular formula is C18H25N3O4. The van der Waals surface area contributed by atoms with E-state index in [1.807, 2.05) is 13.8 Å². The van der Waals surface area contributed by atoms with Crippen LogP contribution in [0, 0.1) is 5.92 Å². The molecule has 1 aliphatic heterocycles. The molecule has 2 amide bonds. The predicted octanol–water partition coefficient (Wildman–Crippen LogP) is 1.56. The molecule has 0 saturated carbocycles. The fourth-order valence-corrected chi connectivity index (χ4v) is 2.85. The van der Waals surface area contributed by atoms with Gasteiger partial charge in [0, 0.05) is 6.54 Å². The van der Waals surface area contributed by atoms with Crippen molar-refractivity contribution < 1.29 is 19.5 Å². The molecule has 1 heterocycles. The summed E-state index contributed by atoms with van der Waals surface area (Å²) in [4.78, 5) is 37.4. The van der Waals surface area contributed by atoms with Crippen LogP contribution >= 0.6 is 0 Å². The first-order chi connectivity index (χ1) is 11.9. The van der Waals surface area contributed by atoms with Crippen molar-refractivity contribution in [3.63, 3.8) is 0 Å². The Hall–Kier alpha value is -2.41. The second-order valence-electron chi connectivity index (χ2n) is 6.66. The average Bonchev–Trinajstić information content (AvgIpc) is 3.01. The van der Waals surface area contributed by atoms with Crippen LogP contribution in [-0.2, 0) is 9.59 Å². The van der Waals surface area contributed by atoms with Gasteiger partial charge in [0.1, 0.15) is 6.04 Å². The molecule has 3 N–H and O–H groups in total. The normalized spacial score (nSPS) is 17.5. The molecule has 1 aromatic rings. The standard InChI is InChI=1S/C18H25N3O4/c1-12(2)10-19-17(23)13-6-3-4-7-14(13)20-16(22)11-21-9-5-8-15(21)18(24)25/h3-4,6-7,12,15H,5,8-11H2,1-2H3,(H,19,23)(H,20,22)(H,24,25)/t15-/m0/s1. The SMILES string of the molecule is CC(C)CNC(=O)c1ccccc1NC(=O)CN1CCC[C@H]1C(=O)O. The van der Waals surface area contributed by atoms with E-state index in [1.165, 1.54) is 0 Å². The van der Waals surface area contributed by atoms with Gasteiger partial charge in [-0.2, -0.15) is 0 Å². The van der Waals surface area contributed by atoms with Crippen molar-refractivity contribution in [2.45, 2.75) is 32.7 Å². The van der Waals surface area contributed by atoms with E-state index in [0.29, 0.717) is 36.7 Å². The summed E-state index contributed by atoms with van der Waals surface area (Å²) in [5.74, 6) is -1.14. The zero-order valence-electron chi connectivity index (χ0n) is 14.6. The van der Waals surface area contributed by atoms with Gasteiger partial charge >= 0.3 is 5.97 Å². The third-order valence-corrected chi connectivity index (χ3v) is 4.11. The van der Waals surface area contributed by atoms with E-state index in [-0.39, 0.29) is 18.4 Å². The summed E-state index contributed by atoms with van der Waals surface area (Å²) in [6.07, 6.45) is 1.31. The number of hydrogen-bond acceptors (Lipinski definition) is 4. The van der Waals surface area contributed by atoms with Crippen LogP contribution in [0.1, 0.15) is 37.0 Å². The molecule has 2 rings (SSSR count). The van der Waals surface area contributed by atoms with Gasteiger partial charge in [0.25, 0.3) is 5.91 Å². The highest BCUT2D eigenvalue weighted by Gasteiger charge is 2.31. The molecule has 0 bridgehead atoms. The Morgan fingerprint density at radius 3 is 2.68 bits per heavy atom. The number of carboxylic acid groups (broad SMARTS) is 1. The molecule has 0 aromatic heterocycles. The van der Waals surface area contributed by atoms with Crippen LogP contribution in [0.5, 0.6) is 0 Å². The van der Waals surface area contributed by atoms with Crippen LogP contribution in [0.4, 0.5) is 5.69 Å². The molecular weight excluding hydrogens is 322 g/mol. The van der Waals surface area contributed by atoms with Gasteiger partial charge in [-0.15, -0.1) is 0 Å². The smallest absolute Gasteiger partial charge is 0.320 e. The lowest BCUT2D eigenvalue weighted by Crippen LogP contribution is -2.41. The Morgan fingerprint density at radius 1 is 1.28 bits per heavy atom. The lowest BCUT2D eigenvalue weighted by atomic mass is 10.1. The maximum Gasteiger partial charge on any atom is 0.320 e. The maximum atomic E-state index is 12.3. The van der Waals surface area contributed by atoms with Gasteiger partial charge in [-0.1, -0.05) is 26.0 Å². The minimum atomic E-state index is -0.904. The molecule has 1 saturated heterocycles. The van der Waals surface area contributed by atoms with E-state index in [1.54, 1.807) is 29.2 Å². The molecule has 25 heavy (non-hydrogen) atoms. The van der Waals surface area contributed by atoms with E-state index in [9.17, 15) is 19.5 Å². The van der Waals surface area contributed by atoms with Gasteiger partial charge in [-0.25, -0.2) is 0 Å². The first-order valence-corrected chi connectivity index (χ1v) is 8.52. The quantitative estimate of drug-likeness (QED) is 0.695. The highest BCUT2D eigenvalue weighted by Crippen LogP contribution is 2.18. The monoisotopic (exact) mass is 347 g/mol. The first-order valence-electron chi connectivity index (χ1n) is 8.52. The summed E-state index contributed by atoms with van der Waals surface area (Å²) >= 11 is 0. The van der Waals surface area contributed by atoms with Crippen molar-refractivity contribution in [3.8, 4) is 0 Å². The Balaban J connectivity index is 2.01. The van der Waals surface area contributed by atoms with Crippen LogP contribution in [0.25, 0.3) is 0 Å². The molecule has 0 aliphatic carbocycles. The summed E-state index contributed by atoms with van der Waals surface area (Å²) < 4.78 is 0. The Bertz CT molecular complexity index is 645. The molecule has 136 valence electrons. The summed E-state index contributed by atoms with van der Waals surface area (Å²) in [6.45, 7) is 5.14. The fourth-order valence-electron chi connectivity index (χ4n) is 2.85. The second kappa shape index (κ2) is 8.62. The molecule has 1 atom stereocenters. The Morgan fingerprint density at radius 2 is 2.00 bits per heavy atom. The third kappa shape index (κ3) is 5.29. The first kappa shape index (κ1) is 18.9. The number of anilines is 1. The number of carbonyl (C=O) groups excluding carboxylic acids is 2. The number of rotatable bonds is 7. The minimum Gasteiger partial charge on any atom is -0.480 e. The molecule has 7 heteroatoms. The Kier molecular flexibility index (Phi) is 6.52. The van der Waals surface area contributed by atoms with E-state index in [2.05, 4.69) is 10.6 Å². The number of likely N-dealkylation sites (tertiary alicyclic amines) is 1. The zero-order valence-corrected chi connectivity index (χ0v) is 14.6. The van der Waals surface area contributed by atoms with E-state index in [4.69, 9.17) is 0 Å². The number of hydrogen-bond donors (Lipinski definition) is 3. The second-order valence-corrected chi connectivity index (χ2v) is 6.66. The number of para-hydroxylation sites is 1. The summed E-state index contributed by atoms with van der Waals surface area (Å²) in [7, 11) is 0. The molecule has 7 nitrogen and oxygen atoms in total. The minimum absolute atomic E-state index is 0.00108. The van der Waals surface area contributed by atoms with Gasteiger partial charge in [0.15, 0.2) is 0 Å². The van der Waals surface area contributed by atoms with E-state index in [0.717, 1.165) is 6.42 Å². The van der Waals surface area contributed by atoms with Crippen molar-refractivity contribution in [2.75, 3.05) is 25.0 Å². The van der Waals surface area contributed by atoms with Crippen LogP contribution in [0.2, 0.25) is 0 Å². The summed E-state index contributed by atoms with van der Waals surface area (Å²) in [5, 5.41) is 14.7.